The highest BCUT2D eigenvalue weighted by molar-refractivity contribution is 6.31. The van der Waals surface area contributed by atoms with E-state index in [1.54, 1.807) is 12.1 Å². The second kappa shape index (κ2) is 6.88. The van der Waals surface area contributed by atoms with E-state index in [2.05, 4.69) is 6.58 Å². The van der Waals surface area contributed by atoms with E-state index in [0.717, 1.165) is 6.42 Å². The molecule has 1 aromatic carbocycles. The van der Waals surface area contributed by atoms with Gasteiger partial charge in [-0.05, 0) is 18.6 Å². The summed E-state index contributed by atoms with van der Waals surface area (Å²) in [4.78, 5) is 0. The summed E-state index contributed by atoms with van der Waals surface area (Å²) in [5.74, 6) is -0.407. The van der Waals surface area contributed by atoms with Gasteiger partial charge in [0.25, 0.3) is 0 Å². The van der Waals surface area contributed by atoms with Crippen LogP contribution in [0.1, 0.15) is 25.3 Å². The van der Waals surface area contributed by atoms with Crippen molar-refractivity contribution in [3.63, 3.8) is 0 Å². The molecule has 0 saturated carbocycles. The summed E-state index contributed by atoms with van der Waals surface area (Å²) in [5.41, 5.74) is -0.287. The average molecular weight is 273 g/mol. The Hall–Kier alpha value is -0.900. The van der Waals surface area contributed by atoms with Crippen molar-refractivity contribution >= 4 is 11.6 Å². The van der Waals surface area contributed by atoms with Crippen LogP contribution in [-0.4, -0.2) is 18.3 Å². The third-order valence-corrected chi connectivity index (χ3v) is 3.12. The van der Waals surface area contributed by atoms with Crippen molar-refractivity contribution in [1.82, 2.24) is 0 Å². The Bertz CT molecular complexity index is 409. The maximum atomic E-state index is 13.1. The smallest absolute Gasteiger partial charge is 0.124 e. The molecule has 0 aromatic heterocycles. The minimum absolute atomic E-state index is 0.208. The number of benzene rings is 1. The molecule has 1 rings (SSSR count). The number of aliphatic hydroxyl groups excluding tert-OH is 1. The van der Waals surface area contributed by atoms with Crippen molar-refractivity contribution in [3.05, 3.63) is 47.3 Å². The molecule has 0 fully saturated rings. The fourth-order valence-electron chi connectivity index (χ4n) is 1.98. The maximum Gasteiger partial charge on any atom is 0.124 e. The molecule has 0 aliphatic rings. The first-order valence-electron chi connectivity index (χ1n) is 5.91. The van der Waals surface area contributed by atoms with Crippen LogP contribution in [0.4, 0.5) is 4.39 Å². The Kier molecular flexibility index (Phi) is 5.79. The maximum absolute atomic E-state index is 13.1. The van der Waals surface area contributed by atoms with Gasteiger partial charge in [-0.3, -0.25) is 0 Å². The van der Waals surface area contributed by atoms with Gasteiger partial charge in [-0.25, -0.2) is 4.39 Å². The highest BCUT2D eigenvalue weighted by Crippen LogP contribution is 2.35. The van der Waals surface area contributed by atoms with Gasteiger partial charge in [0.15, 0.2) is 0 Å². The molecule has 0 bridgehead atoms. The number of hydrogen-bond donors (Lipinski definition) is 1. The van der Waals surface area contributed by atoms with Crippen LogP contribution in [0.25, 0.3) is 0 Å². The monoisotopic (exact) mass is 272 g/mol. The molecule has 4 heteroatoms. The lowest BCUT2D eigenvalue weighted by Crippen LogP contribution is -2.34. The summed E-state index contributed by atoms with van der Waals surface area (Å²) in [6, 6.07) is 4.11. The van der Waals surface area contributed by atoms with Crippen molar-refractivity contribution in [1.29, 1.82) is 0 Å². The number of aliphatic hydroxyl groups is 1. The molecule has 0 aliphatic carbocycles. The van der Waals surface area contributed by atoms with Gasteiger partial charge in [0, 0.05) is 10.6 Å². The van der Waals surface area contributed by atoms with Gasteiger partial charge in [-0.2, -0.15) is 0 Å². The van der Waals surface area contributed by atoms with Crippen molar-refractivity contribution in [3.8, 4) is 0 Å². The van der Waals surface area contributed by atoms with Crippen LogP contribution in [0.2, 0.25) is 5.02 Å². The normalized spacial score (nSPS) is 14.2. The molecule has 0 spiro atoms. The molecule has 1 unspecified atom stereocenters. The van der Waals surface area contributed by atoms with E-state index in [-0.39, 0.29) is 11.6 Å². The van der Waals surface area contributed by atoms with Gasteiger partial charge in [0.1, 0.15) is 11.4 Å². The van der Waals surface area contributed by atoms with Crippen molar-refractivity contribution < 1.29 is 14.2 Å². The van der Waals surface area contributed by atoms with E-state index in [1.807, 2.05) is 6.92 Å². The van der Waals surface area contributed by atoms with E-state index < -0.39 is 11.4 Å². The zero-order valence-corrected chi connectivity index (χ0v) is 11.2. The fraction of sp³-hybridized carbons (Fsp3) is 0.429. The highest BCUT2D eigenvalue weighted by Gasteiger charge is 2.33. The number of ether oxygens (including phenoxy) is 1. The minimum Gasteiger partial charge on any atom is -0.393 e. The van der Waals surface area contributed by atoms with Gasteiger partial charge in [-0.15, -0.1) is 6.58 Å². The molecule has 1 aromatic rings. The summed E-state index contributed by atoms with van der Waals surface area (Å²) in [6.07, 6.45) is 3.02. The van der Waals surface area contributed by atoms with Crippen LogP contribution in [0, 0.1) is 5.82 Å². The van der Waals surface area contributed by atoms with Crippen LogP contribution in [-0.2, 0) is 10.3 Å². The molecule has 1 atom stereocenters. The average Bonchev–Trinajstić information content (AvgIpc) is 2.35. The predicted octanol–water partition coefficient (Wildman–Crippen LogP) is 3.67. The van der Waals surface area contributed by atoms with Crippen LogP contribution >= 0.6 is 11.6 Å². The van der Waals surface area contributed by atoms with E-state index in [0.29, 0.717) is 18.6 Å². The van der Waals surface area contributed by atoms with Crippen molar-refractivity contribution in [2.75, 3.05) is 13.2 Å². The summed E-state index contributed by atoms with van der Waals surface area (Å²) in [5, 5.41) is 9.94. The van der Waals surface area contributed by atoms with Gasteiger partial charge in [0.2, 0.25) is 0 Å². The number of hydrogen-bond acceptors (Lipinski definition) is 2. The Morgan fingerprint density at radius 3 is 2.78 bits per heavy atom. The second-order valence-corrected chi connectivity index (χ2v) is 4.53. The van der Waals surface area contributed by atoms with Crippen molar-refractivity contribution in [2.24, 2.45) is 0 Å². The number of halogens is 2. The summed E-state index contributed by atoms with van der Waals surface area (Å²) >= 11 is 6.05. The topological polar surface area (TPSA) is 29.5 Å². The van der Waals surface area contributed by atoms with Crippen molar-refractivity contribution in [2.45, 2.75) is 25.4 Å². The first kappa shape index (κ1) is 15.2. The van der Waals surface area contributed by atoms with Crippen LogP contribution in [0.3, 0.4) is 0 Å². The third kappa shape index (κ3) is 3.31. The van der Waals surface area contributed by atoms with Crippen LogP contribution in [0.5, 0.6) is 0 Å². The standard InChI is InChI=1S/C14H18ClFO2/c1-3-7-14(10-17,18-8-4-2)12-6-5-11(16)9-13(12)15/h4-6,9,17H,2-3,7-8,10H2,1H3. The Morgan fingerprint density at radius 2 is 2.28 bits per heavy atom. The molecular formula is C14H18ClFO2. The van der Waals surface area contributed by atoms with Crippen LogP contribution < -0.4 is 0 Å². The summed E-state index contributed by atoms with van der Waals surface area (Å²) in [6.45, 7) is 5.67. The van der Waals surface area contributed by atoms with E-state index in [9.17, 15) is 9.50 Å². The highest BCUT2D eigenvalue weighted by atomic mass is 35.5. The third-order valence-electron chi connectivity index (χ3n) is 2.81. The zero-order valence-electron chi connectivity index (χ0n) is 10.5. The Balaban J connectivity index is 3.17. The lowest BCUT2D eigenvalue weighted by Gasteiger charge is -2.32. The molecule has 0 radical (unpaired) electrons. The lowest BCUT2D eigenvalue weighted by atomic mass is 9.89. The quantitative estimate of drug-likeness (QED) is 0.768. The molecule has 18 heavy (non-hydrogen) atoms. The number of rotatable bonds is 7. The molecule has 100 valence electrons. The zero-order chi connectivity index (χ0) is 13.6. The molecule has 1 N–H and O–H groups in total. The first-order valence-corrected chi connectivity index (χ1v) is 6.28. The van der Waals surface area contributed by atoms with E-state index >= 15 is 0 Å². The fourth-order valence-corrected chi connectivity index (χ4v) is 2.32. The second-order valence-electron chi connectivity index (χ2n) is 4.13. The van der Waals surface area contributed by atoms with E-state index in [4.69, 9.17) is 16.3 Å². The lowest BCUT2D eigenvalue weighted by molar-refractivity contribution is -0.0800. The summed E-state index contributed by atoms with van der Waals surface area (Å²) < 4.78 is 18.8. The molecular weight excluding hydrogens is 255 g/mol. The largest absolute Gasteiger partial charge is 0.393 e. The Labute approximate surface area is 112 Å². The molecule has 0 heterocycles. The first-order chi connectivity index (χ1) is 8.59. The molecule has 0 saturated heterocycles. The molecule has 0 amide bonds. The SMILES string of the molecule is C=CCOC(CO)(CCC)c1ccc(F)cc1Cl. The van der Waals surface area contributed by atoms with Gasteiger partial charge >= 0.3 is 0 Å². The van der Waals surface area contributed by atoms with Gasteiger partial charge < -0.3 is 9.84 Å². The predicted molar refractivity (Wildman–Crippen MR) is 71.2 cm³/mol. The minimum atomic E-state index is -0.895. The van der Waals surface area contributed by atoms with Gasteiger partial charge in [0.05, 0.1) is 13.2 Å². The van der Waals surface area contributed by atoms with E-state index in [1.165, 1.54) is 12.1 Å². The molecule has 2 nitrogen and oxygen atoms in total. The van der Waals surface area contributed by atoms with Gasteiger partial charge in [-0.1, -0.05) is 37.1 Å². The molecule has 0 aliphatic heterocycles. The summed E-state index contributed by atoms with van der Waals surface area (Å²) in [7, 11) is 0. The van der Waals surface area contributed by atoms with Crippen LogP contribution in [0.15, 0.2) is 30.9 Å². The Morgan fingerprint density at radius 1 is 1.56 bits per heavy atom.